The van der Waals surface area contributed by atoms with Gasteiger partial charge in [0, 0.05) is 0 Å². The third-order valence-corrected chi connectivity index (χ3v) is 7.14. The molecule has 0 saturated heterocycles. The highest BCUT2D eigenvalue weighted by Gasteiger charge is 2.55. The van der Waals surface area contributed by atoms with Crippen molar-refractivity contribution in [3.8, 4) is 0 Å². The molecule has 0 amide bonds. The first-order valence-corrected chi connectivity index (χ1v) is 8.71. The minimum absolute atomic E-state index is 0.117. The summed E-state index contributed by atoms with van der Waals surface area (Å²) in [6, 6.07) is 0. The van der Waals surface area contributed by atoms with Gasteiger partial charge in [0.05, 0.1) is 6.10 Å². The molecule has 2 fully saturated rings. The molecule has 5 atom stereocenters. The van der Waals surface area contributed by atoms with Crippen molar-refractivity contribution in [2.24, 2.45) is 28.1 Å². The summed E-state index contributed by atoms with van der Waals surface area (Å²) in [5.74, 6) is 1.40. The number of aliphatic hydroxyl groups is 1. The van der Waals surface area contributed by atoms with E-state index in [0.29, 0.717) is 5.92 Å². The van der Waals surface area contributed by atoms with Crippen LogP contribution in [0.3, 0.4) is 0 Å². The second kappa shape index (κ2) is 4.72. The van der Waals surface area contributed by atoms with Gasteiger partial charge in [-0.3, -0.25) is 0 Å². The normalized spacial score (nSPS) is 48.8. The zero-order valence-corrected chi connectivity index (χ0v) is 14.3. The Labute approximate surface area is 130 Å². The molecule has 1 heteroatoms. The van der Waals surface area contributed by atoms with E-state index < -0.39 is 0 Å². The van der Waals surface area contributed by atoms with Crippen LogP contribution in [0.4, 0.5) is 0 Å². The fourth-order valence-corrected chi connectivity index (χ4v) is 6.09. The Morgan fingerprint density at radius 2 is 1.95 bits per heavy atom. The molecule has 1 N–H and O–H groups in total. The van der Waals surface area contributed by atoms with Gasteiger partial charge in [0.1, 0.15) is 0 Å². The van der Waals surface area contributed by atoms with Crippen LogP contribution in [0.25, 0.3) is 0 Å². The van der Waals surface area contributed by atoms with E-state index in [9.17, 15) is 5.11 Å². The van der Waals surface area contributed by atoms with E-state index >= 15 is 0 Å². The minimum Gasteiger partial charge on any atom is -0.393 e. The maximum atomic E-state index is 10.5. The van der Waals surface area contributed by atoms with Gasteiger partial charge in [-0.25, -0.2) is 0 Å². The molecular formula is C20H32O. The summed E-state index contributed by atoms with van der Waals surface area (Å²) in [6.45, 7) is 13.6. The molecule has 2 saturated carbocycles. The lowest BCUT2D eigenvalue weighted by Crippen LogP contribution is -2.53. The van der Waals surface area contributed by atoms with Crippen molar-refractivity contribution in [1.29, 1.82) is 0 Å². The molecule has 0 aliphatic heterocycles. The second-order valence-corrected chi connectivity index (χ2v) is 9.25. The molecule has 0 aromatic carbocycles. The Morgan fingerprint density at radius 3 is 2.62 bits per heavy atom. The van der Waals surface area contributed by atoms with E-state index in [-0.39, 0.29) is 22.3 Å². The highest BCUT2D eigenvalue weighted by Crippen LogP contribution is 2.63. The van der Waals surface area contributed by atoms with Crippen molar-refractivity contribution >= 4 is 0 Å². The molecular weight excluding hydrogens is 256 g/mol. The van der Waals surface area contributed by atoms with E-state index in [1.54, 1.807) is 5.57 Å². The van der Waals surface area contributed by atoms with Crippen LogP contribution in [-0.2, 0) is 0 Å². The Kier molecular flexibility index (Phi) is 3.44. The molecule has 21 heavy (non-hydrogen) atoms. The summed E-state index contributed by atoms with van der Waals surface area (Å²) >= 11 is 0. The quantitative estimate of drug-likeness (QED) is 0.665. The molecule has 0 aromatic heterocycles. The van der Waals surface area contributed by atoms with E-state index in [1.807, 2.05) is 0 Å². The number of fused-ring (bicyclic) bond motifs is 3. The lowest BCUT2D eigenvalue weighted by molar-refractivity contribution is -0.101. The van der Waals surface area contributed by atoms with Gasteiger partial charge >= 0.3 is 0 Å². The number of hydrogen-bond donors (Lipinski definition) is 1. The first-order chi connectivity index (χ1) is 9.70. The van der Waals surface area contributed by atoms with Crippen LogP contribution in [0, 0.1) is 28.1 Å². The molecule has 0 spiro atoms. The number of hydrogen-bond acceptors (Lipinski definition) is 1. The van der Waals surface area contributed by atoms with Crippen molar-refractivity contribution in [3.63, 3.8) is 0 Å². The second-order valence-electron chi connectivity index (χ2n) is 9.25. The zero-order chi connectivity index (χ0) is 15.5. The molecule has 118 valence electrons. The molecule has 0 radical (unpaired) electrons. The average Bonchev–Trinajstić information content (AvgIpc) is 2.36. The van der Waals surface area contributed by atoms with Gasteiger partial charge in [-0.05, 0) is 66.6 Å². The average molecular weight is 288 g/mol. The fourth-order valence-electron chi connectivity index (χ4n) is 6.09. The first-order valence-electron chi connectivity index (χ1n) is 8.71. The third kappa shape index (κ3) is 2.32. The summed E-state index contributed by atoms with van der Waals surface area (Å²) < 4.78 is 0. The Balaban J connectivity index is 1.96. The van der Waals surface area contributed by atoms with Gasteiger partial charge in [0.15, 0.2) is 0 Å². The number of rotatable bonds is 1. The highest BCUT2D eigenvalue weighted by molar-refractivity contribution is 5.25. The number of aliphatic hydroxyl groups excluding tert-OH is 1. The smallest absolute Gasteiger partial charge is 0.0551 e. The van der Waals surface area contributed by atoms with Gasteiger partial charge in [-0.15, -0.1) is 6.58 Å². The molecule has 3 rings (SSSR count). The van der Waals surface area contributed by atoms with Crippen molar-refractivity contribution in [3.05, 3.63) is 24.3 Å². The monoisotopic (exact) mass is 288 g/mol. The molecule has 3 aliphatic rings. The Morgan fingerprint density at radius 1 is 1.24 bits per heavy atom. The van der Waals surface area contributed by atoms with Crippen molar-refractivity contribution in [2.75, 3.05) is 0 Å². The molecule has 1 nitrogen and oxygen atoms in total. The standard InChI is InChI=1S/C20H32O/c1-6-19(4)10-9-16-14(11-19)7-8-17-18(2,3)12-15(21)13-20(16,17)5/h6-7,15-17,21H,1,8-13H2,2-5H3. The van der Waals surface area contributed by atoms with E-state index in [0.717, 1.165) is 18.8 Å². The summed E-state index contributed by atoms with van der Waals surface area (Å²) in [4.78, 5) is 0. The van der Waals surface area contributed by atoms with E-state index in [1.165, 1.54) is 25.7 Å². The van der Waals surface area contributed by atoms with Crippen LogP contribution in [0.5, 0.6) is 0 Å². The molecule has 5 unspecified atom stereocenters. The Hall–Kier alpha value is -0.560. The fraction of sp³-hybridized carbons (Fsp3) is 0.800. The zero-order valence-electron chi connectivity index (χ0n) is 14.3. The molecule has 3 aliphatic carbocycles. The minimum atomic E-state index is -0.117. The third-order valence-electron chi connectivity index (χ3n) is 7.14. The van der Waals surface area contributed by atoms with Gasteiger partial charge in [0.25, 0.3) is 0 Å². The summed E-state index contributed by atoms with van der Waals surface area (Å²) in [5, 5.41) is 10.5. The summed E-state index contributed by atoms with van der Waals surface area (Å²) in [7, 11) is 0. The topological polar surface area (TPSA) is 20.2 Å². The van der Waals surface area contributed by atoms with Crippen LogP contribution in [-0.4, -0.2) is 11.2 Å². The maximum Gasteiger partial charge on any atom is 0.0551 e. The molecule has 0 aromatic rings. The van der Waals surface area contributed by atoms with E-state index in [2.05, 4.69) is 46.4 Å². The van der Waals surface area contributed by atoms with Crippen molar-refractivity contribution < 1.29 is 5.11 Å². The largest absolute Gasteiger partial charge is 0.393 e. The van der Waals surface area contributed by atoms with Crippen LogP contribution >= 0.6 is 0 Å². The highest BCUT2D eigenvalue weighted by atomic mass is 16.3. The molecule has 0 heterocycles. The van der Waals surface area contributed by atoms with Crippen molar-refractivity contribution in [1.82, 2.24) is 0 Å². The van der Waals surface area contributed by atoms with Gasteiger partial charge < -0.3 is 5.11 Å². The van der Waals surface area contributed by atoms with Crippen molar-refractivity contribution in [2.45, 2.75) is 72.3 Å². The van der Waals surface area contributed by atoms with Crippen LogP contribution in [0.2, 0.25) is 0 Å². The number of allylic oxidation sites excluding steroid dienone is 3. The Bertz CT molecular complexity index is 474. The molecule has 0 bridgehead atoms. The lowest BCUT2D eigenvalue weighted by Gasteiger charge is -2.60. The van der Waals surface area contributed by atoms with Gasteiger partial charge in [0.2, 0.25) is 0 Å². The van der Waals surface area contributed by atoms with Crippen LogP contribution < -0.4 is 0 Å². The van der Waals surface area contributed by atoms with Crippen LogP contribution in [0.1, 0.15) is 66.2 Å². The predicted octanol–water partition coefficient (Wildman–Crippen LogP) is 5.11. The summed E-state index contributed by atoms with van der Waals surface area (Å²) in [5.41, 5.74) is 2.49. The van der Waals surface area contributed by atoms with Gasteiger partial charge in [-0.2, -0.15) is 0 Å². The first kappa shape index (κ1) is 15.3. The predicted molar refractivity (Wildman–Crippen MR) is 89.0 cm³/mol. The maximum absolute atomic E-state index is 10.5. The van der Waals surface area contributed by atoms with Crippen LogP contribution in [0.15, 0.2) is 24.3 Å². The van der Waals surface area contributed by atoms with Gasteiger partial charge in [-0.1, -0.05) is 45.4 Å². The van der Waals surface area contributed by atoms with E-state index in [4.69, 9.17) is 0 Å². The SMILES string of the molecule is C=CC1(C)CCC2C(=CCC3C(C)(C)CC(O)CC23C)C1. The summed E-state index contributed by atoms with van der Waals surface area (Å²) in [6.07, 6.45) is 11.5. The lowest BCUT2D eigenvalue weighted by atomic mass is 9.45.